The number of furan rings is 1. The molecule has 0 aliphatic heterocycles. The number of alkyl halides is 3. The predicted octanol–water partition coefficient (Wildman–Crippen LogP) is 5.23. The Hall–Kier alpha value is -1.89. The summed E-state index contributed by atoms with van der Waals surface area (Å²) in [6, 6.07) is 4.30. The van der Waals surface area contributed by atoms with Crippen molar-refractivity contribution < 1.29 is 22.0 Å². The number of aliphatic imine (C=N–C) groups is 1. The minimum absolute atomic E-state index is 0. The normalized spacial score (nSPS) is 12.1. The van der Waals surface area contributed by atoms with Crippen LogP contribution in [0.4, 0.5) is 17.6 Å². The van der Waals surface area contributed by atoms with E-state index >= 15 is 0 Å². The summed E-state index contributed by atoms with van der Waals surface area (Å²) in [6.45, 7) is 4.57. The molecule has 11 heteroatoms. The van der Waals surface area contributed by atoms with Crippen molar-refractivity contribution in [2.24, 2.45) is 4.99 Å². The van der Waals surface area contributed by atoms with Crippen LogP contribution < -0.4 is 10.6 Å². The molecular weight excluding hydrogens is 523 g/mol. The Morgan fingerprint density at radius 2 is 2.03 bits per heavy atom. The first-order chi connectivity index (χ1) is 13.3. The van der Waals surface area contributed by atoms with Gasteiger partial charge in [-0.2, -0.15) is 13.2 Å². The average molecular weight is 542 g/mol. The van der Waals surface area contributed by atoms with E-state index in [1.165, 1.54) is 12.1 Å². The van der Waals surface area contributed by atoms with E-state index in [1.807, 2.05) is 13.8 Å². The summed E-state index contributed by atoms with van der Waals surface area (Å²) in [5.41, 5.74) is 0.467. The Morgan fingerprint density at radius 1 is 1.28 bits per heavy atom. The van der Waals surface area contributed by atoms with E-state index in [-0.39, 0.29) is 42.9 Å². The Balaban J connectivity index is 0.00000300. The van der Waals surface area contributed by atoms with Gasteiger partial charge in [-0.15, -0.1) is 35.3 Å². The van der Waals surface area contributed by atoms with Crippen molar-refractivity contribution in [1.82, 2.24) is 15.6 Å². The van der Waals surface area contributed by atoms with E-state index < -0.39 is 11.9 Å². The van der Waals surface area contributed by atoms with Crippen LogP contribution in [0.25, 0.3) is 11.0 Å². The number of hydrogen-bond donors (Lipinski definition) is 2. The van der Waals surface area contributed by atoms with Gasteiger partial charge in [0.1, 0.15) is 28.7 Å². The van der Waals surface area contributed by atoms with Crippen molar-refractivity contribution in [1.29, 1.82) is 0 Å². The molecule has 1 aromatic carbocycles. The summed E-state index contributed by atoms with van der Waals surface area (Å²) in [4.78, 5) is 7.97. The lowest BCUT2D eigenvalue weighted by Crippen LogP contribution is -2.36. The van der Waals surface area contributed by atoms with E-state index in [1.54, 1.807) is 6.07 Å². The summed E-state index contributed by atoms with van der Waals surface area (Å²) in [7, 11) is 0. The van der Waals surface area contributed by atoms with Gasteiger partial charge < -0.3 is 15.1 Å². The van der Waals surface area contributed by atoms with Gasteiger partial charge in [0.2, 0.25) is 0 Å². The molecule has 0 saturated heterocycles. The highest BCUT2D eigenvalue weighted by atomic mass is 127. The highest BCUT2D eigenvalue weighted by Gasteiger charge is 2.33. The molecule has 0 saturated carbocycles. The number of guanidine groups is 1. The van der Waals surface area contributed by atoms with Crippen LogP contribution in [-0.2, 0) is 19.3 Å². The van der Waals surface area contributed by atoms with Crippen LogP contribution in [0.15, 0.2) is 33.0 Å². The van der Waals surface area contributed by atoms with Gasteiger partial charge in [-0.25, -0.2) is 14.4 Å². The summed E-state index contributed by atoms with van der Waals surface area (Å²) >= 11 is 0.927. The minimum Gasteiger partial charge on any atom is -0.459 e. The third-order valence-electron chi connectivity index (χ3n) is 3.97. The molecule has 2 heterocycles. The Kier molecular flexibility index (Phi) is 7.86. The Bertz CT molecular complexity index is 1000. The SMILES string of the molecule is CCNC(=NCc1oc2ccc(F)cc2c1C)NCc1nc(C(F)(F)F)cs1.I. The zero-order valence-electron chi connectivity index (χ0n) is 15.6. The maximum atomic E-state index is 13.4. The monoisotopic (exact) mass is 542 g/mol. The van der Waals surface area contributed by atoms with Crippen LogP contribution in [0.3, 0.4) is 0 Å². The average Bonchev–Trinajstić information content (AvgIpc) is 3.23. The van der Waals surface area contributed by atoms with E-state index in [0.29, 0.717) is 34.2 Å². The molecule has 2 aromatic heterocycles. The predicted molar refractivity (Wildman–Crippen MR) is 115 cm³/mol. The molecule has 0 aliphatic carbocycles. The number of rotatable bonds is 5. The summed E-state index contributed by atoms with van der Waals surface area (Å²) in [5.74, 6) is 0.659. The van der Waals surface area contributed by atoms with Crippen molar-refractivity contribution >= 4 is 52.2 Å². The lowest BCUT2D eigenvalue weighted by Gasteiger charge is -2.09. The smallest absolute Gasteiger partial charge is 0.434 e. The van der Waals surface area contributed by atoms with Crippen molar-refractivity contribution in [3.8, 4) is 0 Å². The summed E-state index contributed by atoms with van der Waals surface area (Å²) in [5, 5.41) is 7.94. The maximum Gasteiger partial charge on any atom is 0.434 e. The quantitative estimate of drug-likeness (QED) is 0.201. The van der Waals surface area contributed by atoms with E-state index in [2.05, 4.69) is 20.6 Å². The molecule has 3 rings (SSSR count). The van der Waals surface area contributed by atoms with Crippen molar-refractivity contribution in [3.63, 3.8) is 0 Å². The first-order valence-corrected chi connectivity index (χ1v) is 9.37. The number of hydrogen-bond acceptors (Lipinski definition) is 4. The second kappa shape index (κ2) is 9.74. The molecule has 0 aliphatic rings. The fraction of sp³-hybridized carbons (Fsp3) is 0.333. The molecular formula is C18H19F4IN4OS. The zero-order chi connectivity index (χ0) is 20.3. The second-order valence-corrected chi connectivity index (χ2v) is 6.91. The zero-order valence-corrected chi connectivity index (χ0v) is 18.7. The van der Waals surface area contributed by atoms with Crippen LogP contribution in [0.5, 0.6) is 0 Å². The second-order valence-electron chi connectivity index (χ2n) is 5.96. The molecule has 158 valence electrons. The van der Waals surface area contributed by atoms with Gasteiger partial charge >= 0.3 is 6.18 Å². The molecule has 0 radical (unpaired) electrons. The van der Waals surface area contributed by atoms with Crippen molar-refractivity contribution in [3.05, 3.63) is 51.4 Å². The van der Waals surface area contributed by atoms with Crippen LogP contribution >= 0.6 is 35.3 Å². The first kappa shape index (κ1) is 23.4. The molecule has 0 spiro atoms. The number of nitrogens with zero attached hydrogens (tertiary/aromatic N) is 2. The molecule has 5 nitrogen and oxygen atoms in total. The van der Waals surface area contributed by atoms with Crippen LogP contribution in [0, 0.1) is 12.7 Å². The molecule has 0 bridgehead atoms. The third-order valence-corrected chi connectivity index (χ3v) is 4.82. The number of nitrogens with one attached hydrogen (secondary N) is 2. The number of halogens is 5. The summed E-state index contributed by atoms with van der Waals surface area (Å²) < 4.78 is 57.0. The largest absolute Gasteiger partial charge is 0.459 e. The van der Waals surface area contributed by atoms with Crippen LogP contribution in [0.1, 0.15) is 28.9 Å². The van der Waals surface area contributed by atoms with Crippen molar-refractivity contribution in [2.45, 2.75) is 33.1 Å². The highest BCUT2D eigenvalue weighted by molar-refractivity contribution is 14.0. The standard InChI is InChI=1S/C18H18F4N4OS.HI/c1-3-23-17(25-8-16-26-15(9-28-16)18(20,21)22)24-7-14-10(2)12-6-11(19)4-5-13(12)27-14;/h4-6,9H,3,7-8H2,1-2H3,(H2,23,24,25);1H. The van der Waals surface area contributed by atoms with Gasteiger partial charge in [-0.1, -0.05) is 0 Å². The Morgan fingerprint density at radius 3 is 2.69 bits per heavy atom. The highest BCUT2D eigenvalue weighted by Crippen LogP contribution is 2.30. The number of fused-ring (bicyclic) bond motifs is 1. The molecule has 29 heavy (non-hydrogen) atoms. The van der Waals surface area contributed by atoms with Gasteiger partial charge in [0, 0.05) is 22.9 Å². The lowest BCUT2D eigenvalue weighted by molar-refractivity contribution is -0.140. The fourth-order valence-electron chi connectivity index (χ4n) is 2.57. The van der Waals surface area contributed by atoms with Gasteiger partial charge in [0.25, 0.3) is 0 Å². The van der Waals surface area contributed by atoms with Gasteiger partial charge in [-0.3, -0.25) is 0 Å². The lowest BCUT2D eigenvalue weighted by atomic mass is 10.1. The van der Waals surface area contributed by atoms with E-state index in [4.69, 9.17) is 4.42 Å². The van der Waals surface area contributed by atoms with Crippen LogP contribution in [0.2, 0.25) is 0 Å². The van der Waals surface area contributed by atoms with E-state index in [0.717, 1.165) is 22.3 Å². The van der Waals surface area contributed by atoms with Crippen molar-refractivity contribution in [2.75, 3.05) is 6.54 Å². The topological polar surface area (TPSA) is 62.5 Å². The number of aryl methyl sites for hydroxylation is 1. The molecule has 2 N–H and O–H groups in total. The molecule has 0 fully saturated rings. The third kappa shape index (κ3) is 5.81. The Labute approximate surface area is 185 Å². The first-order valence-electron chi connectivity index (χ1n) is 8.49. The summed E-state index contributed by atoms with van der Waals surface area (Å²) in [6.07, 6.45) is -4.45. The van der Waals surface area contributed by atoms with Gasteiger partial charge in [0.15, 0.2) is 11.7 Å². The molecule has 3 aromatic rings. The van der Waals surface area contributed by atoms with Gasteiger partial charge in [-0.05, 0) is 32.0 Å². The fourth-order valence-corrected chi connectivity index (χ4v) is 3.31. The molecule has 0 atom stereocenters. The van der Waals surface area contributed by atoms with E-state index in [9.17, 15) is 17.6 Å². The number of thiazole rings is 1. The molecule has 0 unspecified atom stereocenters. The van der Waals surface area contributed by atoms with Gasteiger partial charge in [0.05, 0.1) is 6.54 Å². The number of benzene rings is 1. The van der Waals surface area contributed by atoms with Crippen LogP contribution in [-0.4, -0.2) is 17.5 Å². The maximum absolute atomic E-state index is 13.4. The minimum atomic E-state index is -4.45. The number of aromatic nitrogens is 1. The molecule has 0 amide bonds.